The topological polar surface area (TPSA) is 96.8 Å². The van der Waals surface area contributed by atoms with E-state index in [1.165, 1.54) is 28.1 Å². The number of alkyl halides is 5. The first-order valence-electron chi connectivity index (χ1n) is 11.5. The molecule has 0 spiro atoms. The molecule has 2 aliphatic heterocycles. The van der Waals surface area contributed by atoms with Crippen molar-refractivity contribution >= 4 is 27.6 Å². The van der Waals surface area contributed by atoms with Crippen molar-refractivity contribution < 1.29 is 39.9 Å². The van der Waals surface area contributed by atoms with Crippen LogP contribution in [0.15, 0.2) is 30.5 Å². The molecule has 2 aliphatic rings. The summed E-state index contributed by atoms with van der Waals surface area (Å²) in [6, 6.07) is 3.80. The number of anilines is 2. The van der Waals surface area contributed by atoms with Gasteiger partial charge in [-0.1, -0.05) is 0 Å². The lowest BCUT2D eigenvalue weighted by Crippen LogP contribution is -2.50. The number of ether oxygens (including phenoxy) is 1. The quantitative estimate of drug-likeness (QED) is 0.570. The van der Waals surface area contributed by atoms with Crippen molar-refractivity contribution in [2.45, 2.75) is 43.9 Å². The van der Waals surface area contributed by atoms with Gasteiger partial charge in [-0.05, 0) is 25.0 Å². The molecule has 0 unspecified atom stereocenters. The number of nitrogens with one attached hydrogen (secondary N) is 1. The second kappa shape index (κ2) is 10.3. The molecule has 2 aromatic rings. The Morgan fingerprint density at radius 3 is 2.43 bits per heavy atom. The number of benzene rings is 1. The molecule has 4 rings (SSSR count). The molecule has 1 aromatic carbocycles. The summed E-state index contributed by atoms with van der Waals surface area (Å²) in [5.74, 6) is -0.0268. The fraction of sp³-hybridized carbons (Fsp3) is 0.545. The molecule has 0 radical (unpaired) electrons. The maximum atomic E-state index is 15.0. The summed E-state index contributed by atoms with van der Waals surface area (Å²) >= 11 is 0. The third-order valence-electron chi connectivity index (χ3n) is 6.15. The largest absolute Gasteiger partial charge is 0.487 e. The van der Waals surface area contributed by atoms with Crippen molar-refractivity contribution in [3.8, 4) is 5.75 Å². The van der Waals surface area contributed by atoms with E-state index in [4.69, 9.17) is 4.74 Å². The van der Waals surface area contributed by atoms with Gasteiger partial charge in [0.25, 0.3) is 0 Å². The predicted molar refractivity (Wildman–Crippen MR) is 125 cm³/mol. The average molecular weight is 552 g/mol. The van der Waals surface area contributed by atoms with E-state index in [2.05, 4.69) is 9.82 Å². The van der Waals surface area contributed by atoms with Gasteiger partial charge < -0.3 is 14.5 Å². The molecule has 1 aromatic heterocycles. The van der Waals surface area contributed by atoms with Gasteiger partial charge in [-0.25, -0.2) is 22.0 Å². The van der Waals surface area contributed by atoms with Crippen molar-refractivity contribution in [2.24, 2.45) is 0 Å². The molecular formula is C22H26F5N5O4S. The molecule has 3 heterocycles. The van der Waals surface area contributed by atoms with E-state index in [1.54, 1.807) is 0 Å². The van der Waals surface area contributed by atoms with Crippen LogP contribution in [0.3, 0.4) is 0 Å². The first-order chi connectivity index (χ1) is 17.3. The lowest BCUT2D eigenvalue weighted by molar-refractivity contribution is -0.137. The lowest BCUT2D eigenvalue weighted by atomic mass is 10.0. The van der Waals surface area contributed by atoms with Crippen LogP contribution in [0.2, 0.25) is 0 Å². The standard InChI is InChI=1S/C22H26F5N5O4S/c1-37(34,35)29-20-7-11-32(28-20)21(33)31-10-6-19(17(24)13-31)36-15-2-3-16(22(25,26)27)18(12-15)30-8-4-14(23)5-9-30/h2-3,7,11-12,14,17,19H,4-6,8-10,13H2,1H3,(H,28,29)/t17-,19-/m0/s1. The Kier molecular flexibility index (Phi) is 7.53. The maximum Gasteiger partial charge on any atom is 0.418 e. The summed E-state index contributed by atoms with van der Waals surface area (Å²) in [7, 11) is -3.59. The van der Waals surface area contributed by atoms with Gasteiger partial charge in [-0.3, -0.25) is 4.72 Å². The minimum atomic E-state index is -4.63. The smallest absolute Gasteiger partial charge is 0.418 e. The molecular weight excluding hydrogens is 525 g/mol. The first kappa shape index (κ1) is 26.9. The zero-order valence-electron chi connectivity index (χ0n) is 19.8. The highest BCUT2D eigenvalue weighted by Crippen LogP contribution is 2.40. The van der Waals surface area contributed by atoms with E-state index in [0.717, 1.165) is 23.1 Å². The van der Waals surface area contributed by atoms with Gasteiger partial charge >= 0.3 is 12.2 Å². The van der Waals surface area contributed by atoms with Crippen molar-refractivity contribution in [2.75, 3.05) is 42.1 Å². The SMILES string of the molecule is CS(=O)(=O)Nc1ccn(C(=O)N2CC[C@H](Oc3ccc(C(F)(F)F)c(N4CCC(F)CC4)c3)[C@@H](F)C2)n1. The van der Waals surface area contributed by atoms with E-state index in [9.17, 15) is 35.2 Å². The van der Waals surface area contributed by atoms with Gasteiger partial charge in [0, 0.05) is 44.4 Å². The summed E-state index contributed by atoms with van der Waals surface area (Å²) in [6.07, 6.45) is -5.88. The Morgan fingerprint density at radius 2 is 1.81 bits per heavy atom. The third-order valence-corrected chi connectivity index (χ3v) is 6.73. The molecule has 0 saturated carbocycles. The molecule has 37 heavy (non-hydrogen) atoms. The Bertz CT molecular complexity index is 1230. The molecule has 2 saturated heterocycles. The lowest BCUT2D eigenvalue weighted by Gasteiger charge is -2.35. The Balaban J connectivity index is 1.43. The number of hydrogen-bond acceptors (Lipinski definition) is 6. The average Bonchev–Trinajstić information content (AvgIpc) is 3.26. The molecule has 2 atom stereocenters. The molecule has 0 aliphatic carbocycles. The zero-order valence-corrected chi connectivity index (χ0v) is 20.6. The van der Waals surface area contributed by atoms with Gasteiger partial charge in [-0.15, -0.1) is 5.10 Å². The van der Waals surface area contributed by atoms with E-state index < -0.39 is 46.2 Å². The van der Waals surface area contributed by atoms with Crippen molar-refractivity contribution in [3.05, 3.63) is 36.0 Å². The number of amides is 1. The summed E-state index contributed by atoms with van der Waals surface area (Å²) in [4.78, 5) is 15.3. The van der Waals surface area contributed by atoms with Crippen LogP contribution in [-0.4, -0.2) is 80.0 Å². The zero-order chi connectivity index (χ0) is 27.0. The number of nitrogens with zero attached hydrogens (tertiary/aromatic N) is 4. The number of rotatable bonds is 5. The second-order valence-electron chi connectivity index (χ2n) is 9.05. The Labute approximate surface area is 210 Å². The fourth-order valence-corrected chi connectivity index (χ4v) is 4.85. The van der Waals surface area contributed by atoms with Crippen LogP contribution < -0.4 is 14.4 Å². The van der Waals surface area contributed by atoms with Gasteiger partial charge in [0.05, 0.1) is 24.1 Å². The van der Waals surface area contributed by atoms with Crippen molar-refractivity contribution in [3.63, 3.8) is 0 Å². The number of carbonyl (C=O) groups is 1. The number of likely N-dealkylation sites (tertiary alicyclic amines) is 1. The first-order valence-corrected chi connectivity index (χ1v) is 13.4. The summed E-state index contributed by atoms with van der Waals surface area (Å²) < 4.78 is 101. The third kappa shape index (κ3) is 6.62. The van der Waals surface area contributed by atoms with Crippen LogP contribution in [0.25, 0.3) is 0 Å². The van der Waals surface area contributed by atoms with Crippen LogP contribution in [0, 0.1) is 0 Å². The van der Waals surface area contributed by atoms with E-state index in [0.29, 0.717) is 0 Å². The summed E-state index contributed by atoms with van der Waals surface area (Å²) in [5, 5.41) is 3.83. The van der Waals surface area contributed by atoms with Crippen LogP contribution in [-0.2, 0) is 16.2 Å². The number of aromatic nitrogens is 2. The normalized spacial score (nSPS) is 21.7. The number of halogens is 5. The predicted octanol–water partition coefficient (Wildman–Crippen LogP) is 3.67. The highest BCUT2D eigenvalue weighted by Gasteiger charge is 2.37. The Morgan fingerprint density at radius 1 is 1.11 bits per heavy atom. The maximum absolute atomic E-state index is 15.0. The van der Waals surface area contributed by atoms with Crippen LogP contribution in [0.1, 0.15) is 24.8 Å². The number of piperidine rings is 2. The molecule has 2 fully saturated rings. The highest BCUT2D eigenvalue weighted by molar-refractivity contribution is 7.92. The highest BCUT2D eigenvalue weighted by atomic mass is 32.2. The van der Waals surface area contributed by atoms with Crippen molar-refractivity contribution in [1.82, 2.24) is 14.7 Å². The van der Waals surface area contributed by atoms with Crippen LogP contribution in [0.4, 0.5) is 38.3 Å². The minimum Gasteiger partial charge on any atom is -0.487 e. The fourth-order valence-electron chi connectivity index (χ4n) is 4.36. The molecule has 1 N–H and O–H groups in total. The van der Waals surface area contributed by atoms with Crippen LogP contribution >= 0.6 is 0 Å². The number of carbonyl (C=O) groups excluding carboxylic acids is 1. The monoisotopic (exact) mass is 551 g/mol. The Hall–Kier alpha value is -3.10. The van der Waals surface area contributed by atoms with Gasteiger partial charge in [0.15, 0.2) is 12.0 Å². The molecule has 15 heteroatoms. The molecule has 204 valence electrons. The van der Waals surface area contributed by atoms with Gasteiger partial charge in [-0.2, -0.15) is 17.9 Å². The van der Waals surface area contributed by atoms with E-state index in [-0.39, 0.29) is 62.7 Å². The van der Waals surface area contributed by atoms with E-state index >= 15 is 0 Å². The van der Waals surface area contributed by atoms with Crippen LogP contribution in [0.5, 0.6) is 5.75 Å². The minimum absolute atomic E-state index is 0.0429. The molecule has 9 nitrogen and oxygen atoms in total. The van der Waals surface area contributed by atoms with Gasteiger partial charge in [0.2, 0.25) is 10.0 Å². The van der Waals surface area contributed by atoms with Crippen molar-refractivity contribution in [1.29, 1.82) is 0 Å². The summed E-state index contributed by atoms with van der Waals surface area (Å²) in [5.41, 5.74) is -1.02. The molecule has 0 bridgehead atoms. The molecule has 1 amide bonds. The number of sulfonamides is 1. The summed E-state index contributed by atoms with van der Waals surface area (Å²) in [6.45, 7) is -0.0323. The number of hydrogen-bond donors (Lipinski definition) is 1. The van der Waals surface area contributed by atoms with Gasteiger partial charge in [0.1, 0.15) is 18.0 Å². The second-order valence-corrected chi connectivity index (χ2v) is 10.8. The van der Waals surface area contributed by atoms with E-state index in [1.807, 2.05) is 0 Å².